The number of nitrogens with zero attached hydrogens (tertiary/aromatic N) is 1. The predicted molar refractivity (Wildman–Crippen MR) is 119 cm³/mol. The van der Waals surface area contributed by atoms with E-state index in [-0.39, 0.29) is 11.9 Å². The summed E-state index contributed by atoms with van der Waals surface area (Å²) < 4.78 is 38.6. The molecule has 1 atom stereocenters. The topological polar surface area (TPSA) is 32.3 Å². The van der Waals surface area contributed by atoms with Crippen LogP contribution in [0.3, 0.4) is 0 Å². The SMILES string of the molecule is O=C(NCC1CCCN1Cc1ccccc1)c1ccccc1-c1ccc(C(F)(F)F)cc1. The third-order valence-electron chi connectivity index (χ3n) is 5.92. The zero-order valence-electron chi connectivity index (χ0n) is 17.6. The highest BCUT2D eigenvalue weighted by molar-refractivity contribution is 6.00. The second-order valence-corrected chi connectivity index (χ2v) is 8.08. The summed E-state index contributed by atoms with van der Waals surface area (Å²) in [5.41, 5.74) is 2.20. The zero-order valence-corrected chi connectivity index (χ0v) is 17.6. The van der Waals surface area contributed by atoms with Crippen LogP contribution < -0.4 is 5.32 Å². The average Bonchev–Trinajstić information content (AvgIpc) is 3.24. The molecule has 0 spiro atoms. The first-order chi connectivity index (χ1) is 15.4. The fourth-order valence-corrected chi connectivity index (χ4v) is 4.23. The van der Waals surface area contributed by atoms with E-state index in [1.165, 1.54) is 17.7 Å². The van der Waals surface area contributed by atoms with Gasteiger partial charge in [-0.15, -0.1) is 0 Å². The number of alkyl halides is 3. The monoisotopic (exact) mass is 438 g/mol. The zero-order chi connectivity index (χ0) is 22.6. The Balaban J connectivity index is 1.44. The molecule has 4 rings (SSSR count). The number of nitrogens with one attached hydrogen (secondary N) is 1. The molecule has 0 aromatic heterocycles. The van der Waals surface area contributed by atoms with Crippen LogP contribution in [0.25, 0.3) is 11.1 Å². The number of halogens is 3. The molecule has 0 saturated carbocycles. The molecule has 166 valence electrons. The maximum atomic E-state index is 13.0. The lowest BCUT2D eigenvalue weighted by Crippen LogP contribution is -2.39. The Morgan fingerprint density at radius 3 is 2.34 bits per heavy atom. The van der Waals surface area contributed by atoms with Crippen LogP contribution in [-0.2, 0) is 12.7 Å². The van der Waals surface area contributed by atoms with Crippen molar-refractivity contribution in [3.63, 3.8) is 0 Å². The normalized spacial score (nSPS) is 16.8. The van der Waals surface area contributed by atoms with Crippen LogP contribution in [0.15, 0.2) is 78.9 Å². The van der Waals surface area contributed by atoms with Gasteiger partial charge in [-0.2, -0.15) is 13.2 Å². The van der Waals surface area contributed by atoms with E-state index < -0.39 is 11.7 Å². The molecule has 1 N–H and O–H groups in total. The highest BCUT2D eigenvalue weighted by atomic mass is 19.4. The first-order valence-electron chi connectivity index (χ1n) is 10.7. The minimum absolute atomic E-state index is 0.216. The van der Waals surface area contributed by atoms with Gasteiger partial charge in [-0.3, -0.25) is 9.69 Å². The molecule has 0 aliphatic carbocycles. The summed E-state index contributed by atoms with van der Waals surface area (Å²) in [5, 5.41) is 3.04. The Morgan fingerprint density at radius 1 is 0.938 bits per heavy atom. The largest absolute Gasteiger partial charge is 0.416 e. The molecule has 1 fully saturated rings. The van der Waals surface area contributed by atoms with E-state index >= 15 is 0 Å². The molecular formula is C26H25F3N2O. The Morgan fingerprint density at radius 2 is 1.62 bits per heavy atom. The Hall–Kier alpha value is -3.12. The van der Waals surface area contributed by atoms with Crippen LogP contribution in [-0.4, -0.2) is 29.9 Å². The molecule has 1 aliphatic rings. The van der Waals surface area contributed by atoms with Gasteiger partial charge in [0.25, 0.3) is 5.91 Å². The fraction of sp³-hybridized carbons (Fsp3) is 0.269. The summed E-state index contributed by atoms with van der Waals surface area (Å²) in [6.45, 7) is 2.38. The molecule has 1 amide bonds. The molecule has 1 unspecified atom stereocenters. The molecule has 6 heteroatoms. The molecule has 1 heterocycles. The van der Waals surface area contributed by atoms with E-state index in [9.17, 15) is 18.0 Å². The van der Waals surface area contributed by atoms with Crippen LogP contribution >= 0.6 is 0 Å². The fourth-order valence-electron chi connectivity index (χ4n) is 4.23. The molecule has 32 heavy (non-hydrogen) atoms. The van der Waals surface area contributed by atoms with Crippen molar-refractivity contribution in [2.24, 2.45) is 0 Å². The third kappa shape index (κ3) is 5.19. The lowest BCUT2D eigenvalue weighted by atomic mass is 9.98. The second-order valence-electron chi connectivity index (χ2n) is 8.08. The lowest BCUT2D eigenvalue weighted by molar-refractivity contribution is -0.137. The number of likely N-dealkylation sites (tertiary alicyclic amines) is 1. The van der Waals surface area contributed by atoms with E-state index in [2.05, 4.69) is 22.3 Å². The van der Waals surface area contributed by atoms with Crippen LogP contribution in [0.1, 0.15) is 34.3 Å². The summed E-state index contributed by atoms with van der Waals surface area (Å²) in [6, 6.07) is 22.4. The maximum absolute atomic E-state index is 13.0. The van der Waals surface area contributed by atoms with Crippen LogP contribution in [0.4, 0.5) is 13.2 Å². The van der Waals surface area contributed by atoms with E-state index in [0.717, 1.165) is 38.1 Å². The van der Waals surface area contributed by atoms with Crippen LogP contribution in [0.2, 0.25) is 0 Å². The van der Waals surface area contributed by atoms with Crippen molar-refractivity contribution in [2.75, 3.05) is 13.1 Å². The first-order valence-corrected chi connectivity index (χ1v) is 10.7. The Bertz CT molecular complexity index is 1050. The highest BCUT2D eigenvalue weighted by Gasteiger charge is 2.30. The van der Waals surface area contributed by atoms with Gasteiger partial charge in [-0.25, -0.2) is 0 Å². The van der Waals surface area contributed by atoms with Crippen molar-refractivity contribution in [1.29, 1.82) is 0 Å². The average molecular weight is 438 g/mol. The van der Waals surface area contributed by atoms with Gasteiger partial charge in [0.2, 0.25) is 0 Å². The number of carbonyl (C=O) groups excluding carboxylic acids is 1. The van der Waals surface area contributed by atoms with E-state index in [0.29, 0.717) is 23.2 Å². The molecule has 3 aromatic rings. The number of amides is 1. The smallest absolute Gasteiger partial charge is 0.350 e. The van der Waals surface area contributed by atoms with Crippen LogP contribution in [0.5, 0.6) is 0 Å². The summed E-state index contributed by atoms with van der Waals surface area (Å²) in [4.78, 5) is 15.4. The van der Waals surface area contributed by atoms with E-state index in [4.69, 9.17) is 0 Å². The molecule has 1 aliphatic heterocycles. The van der Waals surface area contributed by atoms with E-state index in [1.54, 1.807) is 24.3 Å². The number of hydrogen-bond acceptors (Lipinski definition) is 2. The minimum atomic E-state index is -4.39. The molecule has 3 aromatic carbocycles. The van der Waals surface area contributed by atoms with Gasteiger partial charge in [-0.1, -0.05) is 60.7 Å². The standard InChI is InChI=1S/C26H25F3N2O/c27-26(28,29)21-14-12-20(13-15-21)23-10-4-5-11-24(23)25(32)30-17-22-9-6-16-31(22)18-19-7-2-1-3-8-19/h1-5,7-8,10-15,22H,6,9,16-18H2,(H,30,32). The van der Waals surface area contributed by atoms with Gasteiger partial charge in [0.05, 0.1) is 5.56 Å². The minimum Gasteiger partial charge on any atom is -0.350 e. The summed E-state index contributed by atoms with van der Waals surface area (Å²) >= 11 is 0. The van der Waals surface area contributed by atoms with Gasteiger partial charge >= 0.3 is 6.18 Å². The van der Waals surface area contributed by atoms with Crippen molar-refractivity contribution < 1.29 is 18.0 Å². The van der Waals surface area contributed by atoms with Crippen molar-refractivity contribution in [3.8, 4) is 11.1 Å². The van der Waals surface area contributed by atoms with Crippen LogP contribution in [0, 0.1) is 0 Å². The number of hydrogen-bond donors (Lipinski definition) is 1. The van der Waals surface area contributed by atoms with Crippen molar-refractivity contribution in [1.82, 2.24) is 10.2 Å². The third-order valence-corrected chi connectivity index (χ3v) is 5.92. The van der Waals surface area contributed by atoms with E-state index in [1.807, 2.05) is 18.2 Å². The summed E-state index contributed by atoms with van der Waals surface area (Å²) in [6.07, 6.45) is -2.27. The number of benzene rings is 3. The second kappa shape index (κ2) is 9.57. The molecule has 0 radical (unpaired) electrons. The van der Waals surface area contributed by atoms with Crippen molar-refractivity contribution in [2.45, 2.75) is 31.6 Å². The van der Waals surface area contributed by atoms with Crippen molar-refractivity contribution in [3.05, 3.63) is 95.6 Å². The number of carbonyl (C=O) groups is 1. The Labute approximate surface area is 185 Å². The molecule has 3 nitrogen and oxygen atoms in total. The van der Waals surface area contributed by atoms with Gasteiger partial charge in [-0.05, 0) is 54.3 Å². The first kappa shape index (κ1) is 22.1. The van der Waals surface area contributed by atoms with Gasteiger partial charge in [0, 0.05) is 24.7 Å². The summed E-state index contributed by atoms with van der Waals surface area (Å²) in [5.74, 6) is -0.216. The molecular weight excluding hydrogens is 413 g/mol. The molecule has 0 bridgehead atoms. The van der Waals surface area contributed by atoms with Crippen molar-refractivity contribution >= 4 is 5.91 Å². The molecule has 1 saturated heterocycles. The summed E-state index contributed by atoms with van der Waals surface area (Å²) in [7, 11) is 0. The lowest BCUT2D eigenvalue weighted by Gasteiger charge is -2.25. The Kier molecular flexibility index (Phi) is 6.61. The quantitative estimate of drug-likeness (QED) is 0.530. The van der Waals surface area contributed by atoms with Gasteiger partial charge in [0.1, 0.15) is 0 Å². The van der Waals surface area contributed by atoms with Gasteiger partial charge in [0.15, 0.2) is 0 Å². The van der Waals surface area contributed by atoms with Gasteiger partial charge < -0.3 is 5.32 Å². The highest BCUT2D eigenvalue weighted by Crippen LogP contribution is 2.32. The maximum Gasteiger partial charge on any atom is 0.416 e. The number of rotatable bonds is 6. The predicted octanol–water partition coefficient (Wildman–Crippen LogP) is 5.77.